The first kappa shape index (κ1) is 11.3. The molecule has 3 rings (SSSR count). The highest BCUT2D eigenvalue weighted by molar-refractivity contribution is 6.29. The zero-order chi connectivity index (χ0) is 12.5. The lowest BCUT2D eigenvalue weighted by molar-refractivity contribution is 0.823. The minimum Gasteiger partial charge on any atom is -0.328 e. The number of benzene rings is 1. The summed E-state index contributed by atoms with van der Waals surface area (Å²) in [5.41, 5.74) is 3.44. The van der Waals surface area contributed by atoms with E-state index < -0.39 is 0 Å². The Kier molecular flexibility index (Phi) is 2.80. The predicted octanol–water partition coefficient (Wildman–Crippen LogP) is 4.05. The average Bonchev–Trinajstić information content (AvgIpc) is 2.67. The second kappa shape index (κ2) is 4.46. The van der Waals surface area contributed by atoms with Gasteiger partial charge in [-0.1, -0.05) is 41.9 Å². The molecule has 0 unspecified atom stereocenters. The summed E-state index contributed by atoms with van der Waals surface area (Å²) in [6.45, 7) is 2.91. The molecule has 18 heavy (non-hydrogen) atoms. The molecule has 0 fully saturated rings. The molecule has 0 aliphatic carbocycles. The van der Waals surface area contributed by atoms with Crippen LogP contribution in [-0.4, -0.2) is 9.55 Å². The molecular formula is C15H13ClN2. The van der Waals surface area contributed by atoms with Crippen LogP contribution in [0.15, 0.2) is 48.7 Å². The summed E-state index contributed by atoms with van der Waals surface area (Å²) in [7, 11) is 0. The van der Waals surface area contributed by atoms with Gasteiger partial charge in [0.05, 0.1) is 0 Å². The van der Waals surface area contributed by atoms with Crippen molar-refractivity contribution in [2.24, 2.45) is 0 Å². The minimum absolute atomic E-state index is 0.537. The van der Waals surface area contributed by atoms with E-state index in [1.807, 2.05) is 30.3 Å². The van der Waals surface area contributed by atoms with E-state index in [0.29, 0.717) is 5.15 Å². The van der Waals surface area contributed by atoms with Crippen molar-refractivity contribution in [1.29, 1.82) is 0 Å². The van der Waals surface area contributed by atoms with E-state index in [1.54, 1.807) is 0 Å². The number of hydrogen-bond acceptors (Lipinski definition) is 1. The molecule has 1 aromatic carbocycles. The van der Waals surface area contributed by atoms with Gasteiger partial charge >= 0.3 is 0 Å². The number of aryl methyl sites for hydroxylation is 1. The van der Waals surface area contributed by atoms with Gasteiger partial charge in [-0.3, -0.25) is 0 Å². The van der Waals surface area contributed by atoms with Gasteiger partial charge in [0.15, 0.2) is 0 Å². The minimum atomic E-state index is 0.537. The van der Waals surface area contributed by atoms with E-state index in [2.05, 4.69) is 34.8 Å². The van der Waals surface area contributed by atoms with Crippen LogP contribution in [0.2, 0.25) is 5.15 Å². The first-order valence-electron chi connectivity index (χ1n) is 5.90. The van der Waals surface area contributed by atoms with Crippen LogP contribution in [-0.2, 0) is 6.54 Å². The second-order valence-electron chi connectivity index (χ2n) is 4.43. The van der Waals surface area contributed by atoms with Crippen molar-refractivity contribution in [2.75, 3.05) is 0 Å². The van der Waals surface area contributed by atoms with Crippen LogP contribution < -0.4 is 0 Å². The smallest absolute Gasteiger partial charge is 0.142 e. The van der Waals surface area contributed by atoms with Gasteiger partial charge < -0.3 is 4.57 Å². The maximum atomic E-state index is 5.98. The highest BCUT2D eigenvalue weighted by Gasteiger charge is 2.07. The molecule has 0 aliphatic rings. The SMILES string of the molecule is Cc1cn(Cc2ccccc2)c2nc(Cl)ccc12. The fraction of sp³-hybridized carbons (Fsp3) is 0.133. The molecule has 2 nitrogen and oxygen atoms in total. The van der Waals surface area contributed by atoms with Crippen molar-refractivity contribution >= 4 is 22.6 Å². The molecule has 0 saturated carbocycles. The van der Waals surface area contributed by atoms with Crippen LogP contribution >= 0.6 is 11.6 Å². The van der Waals surface area contributed by atoms with E-state index in [1.165, 1.54) is 11.1 Å². The van der Waals surface area contributed by atoms with Crippen LogP contribution in [0.5, 0.6) is 0 Å². The predicted molar refractivity (Wildman–Crippen MR) is 75.0 cm³/mol. The lowest BCUT2D eigenvalue weighted by atomic mass is 10.2. The maximum absolute atomic E-state index is 5.98. The largest absolute Gasteiger partial charge is 0.328 e. The highest BCUT2D eigenvalue weighted by atomic mass is 35.5. The third kappa shape index (κ3) is 2.00. The number of rotatable bonds is 2. The zero-order valence-electron chi connectivity index (χ0n) is 10.1. The summed E-state index contributed by atoms with van der Waals surface area (Å²) >= 11 is 5.98. The van der Waals surface area contributed by atoms with Crippen molar-refractivity contribution < 1.29 is 0 Å². The Morgan fingerprint density at radius 3 is 2.67 bits per heavy atom. The quantitative estimate of drug-likeness (QED) is 0.633. The molecule has 2 aromatic heterocycles. The second-order valence-corrected chi connectivity index (χ2v) is 4.82. The third-order valence-electron chi connectivity index (χ3n) is 3.08. The number of aromatic nitrogens is 2. The van der Waals surface area contributed by atoms with Crippen molar-refractivity contribution in [3.05, 3.63) is 64.9 Å². The topological polar surface area (TPSA) is 17.8 Å². The highest BCUT2D eigenvalue weighted by Crippen LogP contribution is 2.22. The van der Waals surface area contributed by atoms with Crippen molar-refractivity contribution in [3.63, 3.8) is 0 Å². The Morgan fingerprint density at radius 2 is 1.89 bits per heavy atom. The van der Waals surface area contributed by atoms with Crippen LogP contribution in [0.4, 0.5) is 0 Å². The number of nitrogens with zero attached hydrogens (tertiary/aromatic N) is 2. The number of pyridine rings is 1. The van der Waals surface area contributed by atoms with Crippen LogP contribution in [0.3, 0.4) is 0 Å². The molecule has 0 bridgehead atoms. The molecule has 3 heteroatoms. The standard InChI is InChI=1S/C15H13ClN2/c1-11-9-18(10-12-5-3-2-4-6-12)15-13(11)7-8-14(16)17-15/h2-9H,10H2,1H3. The summed E-state index contributed by atoms with van der Waals surface area (Å²) in [6, 6.07) is 14.2. The lowest BCUT2D eigenvalue weighted by Gasteiger charge is -2.04. The molecule has 2 heterocycles. The van der Waals surface area contributed by atoms with Crippen LogP contribution in [0.25, 0.3) is 11.0 Å². The van der Waals surface area contributed by atoms with E-state index >= 15 is 0 Å². The van der Waals surface area contributed by atoms with Gasteiger partial charge in [-0.2, -0.15) is 0 Å². The van der Waals surface area contributed by atoms with E-state index in [0.717, 1.165) is 17.6 Å². The molecule has 0 spiro atoms. The molecule has 0 saturated heterocycles. The van der Waals surface area contributed by atoms with E-state index in [4.69, 9.17) is 11.6 Å². The molecule has 0 radical (unpaired) electrons. The Bertz CT molecular complexity index is 686. The fourth-order valence-corrected chi connectivity index (χ4v) is 2.36. The van der Waals surface area contributed by atoms with Crippen molar-refractivity contribution in [1.82, 2.24) is 9.55 Å². The molecule has 0 atom stereocenters. The summed E-state index contributed by atoms with van der Waals surface area (Å²) < 4.78 is 2.14. The lowest BCUT2D eigenvalue weighted by Crippen LogP contribution is -1.98. The monoisotopic (exact) mass is 256 g/mol. The normalized spacial score (nSPS) is 11.0. The summed E-state index contributed by atoms with van der Waals surface area (Å²) in [4.78, 5) is 4.42. The van der Waals surface area contributed by atoms with Crippen LogP contribution in [0.1, 0.15) is 11.1 Å². The number of fused-ring (bicyclic) bond motifs is 1. The Morgan fingerprint density at radius 1 is 1.11 bits per heavy atom. The Labute approximate surface area is 111 Å². The molecule has 90 valence electrons. The molecule has 0 amide bonds. The van der Waals surface area contributed by atoms with E-state index in [-0.39, 0.29) is 0 Å². The van der Waals surface area contributed by atoms with Crippen LogP contribution in [0, 0.1) is 6.92 Å². The van der Waals surface area contributed by atoms with Crippen molar-refractivity contribution in [2.45, 2.75) is 13.5 Å². The summed E-state index contributed by atoms with van der Waals surface area (Å²) in [6.07, 6.45) is 2.13. The molecule has 0 N–H and O–H groups in total. The zero-order valence-corrected chi connectivity index (χ0v) is 10.9. The molecular weight excluding hydrogens is 244 g/mol. The first-order chi connectivity index (χ1) is 8.74. The van der Waals surface area contributed by atoms with Gasteiger partial charge in [-0.05, 0) is 30.2 Å². The molecule has 0 aliphatic heterocycles. The number of hydrogen-bond donors (Lipinski definition) is 0. The van der Waals surface area contributed by atoms with Gasteiger partial charge in [0, 0.05) is 18.1 Å². The van der Waals surface area contributed by atoms with Gasteiger partial charge in [0.25, 0.3) is 0 Å². The first-order valence-corrected chi connectivity index (χ1v) is 6.28. The Hall–Kier alpha value is -1.80. The maximum Gasteiger partial charge on any atom is 0.142 e. The average molecular weight is 257 g/mol. The Balaban J connectivity index is 2.09. The fourth-order valence-electron chi connectivity index (χ4n) is 2.22. The number of halogens is 1. The van der Waals surface area contributed by atoms with Gasteiger partial charge in [0.1, 0.15) is 10.8 Å². The van der Waals surface area contributed by atoms with Gasteiger partial charge in [-0.25, -0.2) is 4.98 Å². The van der Waals surface area contributed by atoms with Gasteiger partial charge in [-0.15, -0.1) is 0 Å². The van der Waals surface area contributed by atoms with Crippen molar-refractivity contribution in [3.8, 4) is 0 Å². The molecule has 3 aromatic rings. The summed E-state index contributed by atoms with van der Waals surface area (Å²) in [5.74, 6) is 0. The summed E-state index contributed by atoms with van der Waals surface area (Å²) in [5, 5.41) is 1.70. The van der Waals surface area contributed by atoms with Gasteiger partial charge in [0.2, 0.25) is 0 Å². The third-order valence-corrected chi connectivity index (χ3v) is 3.29. The van der Waals surface area contributed by atoms with E-state index in [9.17, 15) is 0 Å².